The Balaban J connectivity index is 1.68. The first-order valence-corrected chi connectivity index (χ1v) is 11.5. The number of thioether (sulfide) groups is 1. The number of benzene rings is 2. The number of amidine groups is 1. The molecular weight excluding hydrogens is 449 g/mol. The number of rotatable bonds is 2. The monoisotopic (exact) mass is 471 g/mol. The van der Waals surface area contributed by atoms with E-state index < -0.39 is 0 Å². The molecule has 1 amide bonds. The maximum absolute atomic E-state index is 12.6. The molecule has 4 rings (SSSR count). The van der Waals surface area contributed by atoms with E-state index >= 15 is 0 Å². The number of nitrogens with zero attached hydrogens (tertiary/aromatic N) is 2. The topological polar surface area (TPSA) is 44.7 Å². The fourth-order valence-corrected chi connectivity index (χ4v) is 4.95. The standard InChI is InChI=1S/C24H23Cl2N3OS/c1-13-9-19-16(14(2)12-24(3,4)29(19)5)10-15(13)11-20-22(30)28-23(31-20)27-18-8-6-7-17(25)21(18)26/h6-12H,1-5H3,(H,27,28,30)/b20-11+. The van der Waals surface area contributed by atoms with Gasteiger partial charge in [-0.25, -0.2) is 4.99 Å². The number of allylic oxidation sites excluding steroid dienone is 1. The molecule has 0 atom stereocenters. The minimum absolute atomic E-state index is 0.0440. The minimum Gasteiger partial charge on any atom is -0.365 e. The molecule has 2 aromatic rings. The second-order valence-electron chi connectivity index (χ2n) is 8.32. The Morgan fingerprint density at radius 3 is 2.68 bits per heavy atom. The summed E-state index contributed by atoms with van der Waals surface area (Å²) in [6, 6.07) is 9.59. The summed E-state index contributed by atoms with van der Waals surface area (Å²) in [6.07, 6.45) is 4.20. The quantitative estimate of drug-likeness (QED) is 0.488. The molecule has 0 aliphatic carbocycles. The molecule has 2 aliphatic rings. The van der Waals surface area contributed by atoms with E-state index in [9.17, 15) is 4.79 Å². The lowest BCUT2D eigenvalue weighted by Crippen LogP contribution is -2.42. The van der Waals surface area contributed by atoms with Crippen LogP contribution >= 0.6 is 35.0 Å². The molecule has 160 valence electrons. The van der Waals surface area contributed by atoms with Crippen LogP contribution in [-0.4, -0.2) is 23.7 Å². The Kier molecular flexibility index (Phi) is 5.71. The average Bonchev–Trinajstić information content (AvgIpc) is 3.03. The van der Waals surface area contributed by atoms with Crippen molar-refractivity contribution >= 4 is 69.1 Å². The number of carbonyl (C=O) groups is 1. The predicted octanol–water partition coefficient (Wildman–Crippen LogP) is 6.83. The summed E-state index contributed by atoms with van der Waals surface area (Å²) in [4.78, 5) is 19.9. The van der Waals surface area contributed by atoms with E-state index in [1.165, 1.54) is 28.6 Å². The third kappa shape index (κ3) is 4.14. The summed E-state index contributed by atoms with van der Waals surface area (Å²) in [7, 11) is 2.11. The van der Waals surface area contributed by atoms with Crippen molar-refractivity contribution in [3.63, 3.8) is 0 Å². The predicted molar refractivity (Wildman–Crippen MR) is 135 cm³/mol. The molecule has 0 spiro atoms. The lowest BCUT2D eigenvalue weighted by molar-refractivity contribution is -0.115. The number of likely N-dealkylation sites (N-methyl/N-ethyl adjacent to an activating group) is 1. The Bertz CT molecular complexity index is 1200. The SMILES string of the molecule is CC1=CC(C)(C)N(C)c2cc(C)c(/C=C3/SC(=Nc4cccc(Cl)c4Cl)NC3=O)cc21. The highest BCUT2D eigenvalue weighted by molar-refractivity contribution is 8.18. The highest BCUT2D eigenvalue weighted by Gasteiger charge is 2.29. The van der Waals surface area contributed by atoms with Crippen LogP contribution < -0.4 is 10.2 Å². The second kappa shape index (κ2) is 8.05. The molecule has 0 bridgehead atoms. The first-order valence-electron chi connectivity index (χ1n) is 9.89. The Labute approximate surface area is 197 Å². The van der Waals surface area contributed by atoms with Crippen molar-refractivity contribution in [3.8, 4) is 0 Å². The van der Waals surface area contributed by atoms with Gasteiger partial charge in [-0.05, 0) is 86.5 Å². The number of hydrogen-bond donors (Lipinski definition) is 1. The van der Waals surface area contributed by atoms with Crippen LogP contribution in [0.4, 0.5) is 11.4 Å². The molecule has 0 unspecified atom stereocenters. The number of halogens is 2. The van der Waals surface area contributed by atoms with Crippen LogP contribution in [-0.2, 0) is 4.79 Å². The molecule has 1 saturated heterocycles. The maximum Gasteiger partial charge on any atom is 0.264 e. The molecule has 2 heterocycles. The van der Waals surface area contributed by atoms with Gasteiger partial charge in [0, 0.05) is 18.3 Å². The summed E-state index contributed by atoms with van der Waals surface area (Å²) < 4.78 is 0. The lowest BCUT2D eigenvalue weighted by atomic mass is 9.87. The third-order valence-corrected chi connectivity index (χ3v) is 7.41. The summed E-state index contributed by atoms with van der Waals surface area (Å²) in [5.41, 5.74) is 6.22. The fourth-order valence-electron chi connectivity index (χ4n) is 3.78. The van der Waals surface area contributed by atoms with Gasteiger partial charge in [0.1, 0.15) is 0 Å². The van der Waals surface area contributed by atoms with Crippen LogP contribution in [0, 0.1) is 6.92 Å². The second-order valence-corrected chi connectivity index (χ2v) is 10.1. The maximum atomic E-state index is 12.6. The van der Waals surface area contributed by atoms with Gasteiger partial charge in [-0.15, -0.1) is 0 Å². The van der Waals surface area contributed by atoms with E-state index in [1.54, 1.807) is 18.2 Å². The van der Waals surface area contributed by atoms with E-state index in [1.807, 2.05) is 6.08 Å². The fraction of sp³-hybridized carbons (Fsp3) is 0.250. The average molecular weight is 472 g/mol. The van der Waals surface area contributed by atoms with Crippen LogP contribution in [0.2, 0.25) is 10.0 Å². The van der Waals surface area contributed by atoms with Gasteiger partial charge >= 0.3 is 0 Å². The van der Waals surface area contributed by atoms with Gasteiger partial charge in [0.2, 0.25) is 0 Å². The molecule has 7 heteroatoms. The lowest BCUT2D eigenvalue weighted by Gasteiger charge is -2.41. The zero-order chi connectivity index (χ0) is 22.5. The third-order valence-electron chi connectivity index (χ3n) is 5.70. The van der Waals surface area contributed by atoms with Crippen molar-refractivity contribution < 1.29 is 4.79 Å². The van der Waals surface area contributed by atoms with Crippen LogP contribution in [0.1, 0.15) is 37.5 Å². The van der Waals surface area contributed by atoms with E-state index in [0.29, 0.717) is 25.8 Å². The van der Waals surface area contributed by atoms with Crippen molar-refractivity contribution in [3.05, 3.63) is 68.0 Å². The smallest absolute Gasteiger partial charge is 0.264 e. The van der Waals surface area contributed by atoms with Crippen LogP contribution in [0.5, 0.6) is 0 Å². The number of amides is 1. The van der Waals surface area contributed by atoms with Crippen molar-refractivity contribution in [1.82, 2.24) is 5.32 Å². The number of aliphatic imine (C=N–C) groups is 1. The number of fused-ring (bicyclic) bond motifs is 1. The van der Waals surface area contributed by atoms with Crippen molar-refractivity contribution in [2.45, 2.75) is 33.2 Å². The Morgan fingerprint density at radius 2 is 1.94 bits per heavy atom. The van der Waals surface area contributed by atoms with E-state index in [4.69, 9.17) is 23.2 Å². The number of hydrogen-bond acceptors (Lipinski definition) is 4. The Hall–Kier alpha value is -2.21. The molecule has 4 nitrogen and oxygen atoms in total. The van der Waals surface area contributed by atoms with Gasteiger partial charge in [0.05, 0.1) is 26.2 Å². The van der Waals surface area contributed by atoms with E-state index in [2.05, 4.69) is 68.2 Å². The molecule has 0 saturated carbocycles. The van der Waals surface area contributed by atoms with Crippen molar-refractivity contribution in [2.24, 2.45) is 4.99 Å². The van der Waals surface area contributed by atoms with Crippen molar-refractivity contribution in [2.75, 3.05) is 11.9 Å². The van der Waals surface area contributed by atoms with Gasteiger partial charge in [-0.3, -0.25) is 4.79 Å². The summed E-state index contributed by atoms with van der Waals surface area (Å²) in [5.74, 6) is -0.176. The molecule has 0 aromatic heterocycles. The van der Waals surface area contributed by atoms with Crippen molar-refractivity contribution in [1.29, 1.82) is 0 Å². The molecular formula is C24H23Cl2N3OS. The first kappa shape index (κ1) is 22.0. The number of nitrogens with one attached hydrogen (secondary N) is 1. The van der Waals surface area contributed by atoms with E-state index in [-0.39, 0.29) is 11.4 Å². The zero-order valence-electron chi connectivity index (χ0n) is 18.0. The summed E-state index contributed by atoms with van der Waals surface area (Å²) >= 11 is 13.6. The van der Waals surface area contributed by atoms with Crippen LogP contribution in [0.3, 0.4) is 0 Å². The highest BCUT2D eigenvalue weighted by atomic mass is 35.5. The molecule has 1 N–H and O–H groups in total. The number of carbonyl (C=O) groups excluding carboxylic acids is 1. The largest absolute Gasteiger partial charge is 0.365 e. The van der Waals surface area contributed by atoms with Crippen LogP contribution in [0.25, 0.3) is 11.6 Å². The Morgan fingerprint density at radius 1 is 1.19 bits per heavy atom. The zero-order valence-corrected chi connectivity index (χ0v) is 20.3. The molecule has 1 fully saturated rings. The van der Waals surface area contributed by atoms with Gasteiger partial charge in [-0.1, -0.05) is 35.3 Å². The number of aryl methyl sites for hydroxylation is 1. The highest BCUT2D eigenvalue weighted by Crippen LogP contribution is 2.40. The summed E-state index contributed by atoms with van der Waals surface area (Å²) in [5, 5.41) is 4.08. The van der Waals surface area contributed by atoms with Gasteiger partial charge in [0.15, 0.2) is 5.17 Å². The first-order chi connectivity index (χ1) is 14.6. The van der Waals surface area contributed by atoms with Gasteiger partial charge in [0.25, 0.3) is 5.91 Å². The molecule has 2 aromatic carbocycles. The van der Waals surface area contributed by atoms with Gasteiger partial charge in [-0.2, -0.15) is 0 Å². The van der Waals surface area contributed by atoms with Gasteiger partial charge < -0.3 is 10.2 Å². The molecule has 31 heavy (non-hydrogen) atoms. The molecule has 0 radical (unpaired) electrons. The number of anilines is 1. The minimum atomic E-state index is -0.176. The normalized spacial score (nSPS) is 20.2. The van der Waals surface area contributed by atoms with Crippen LogP contribution in [0.15, 0.2) is 46.3 Å². The summed E-state index contributed by atoms with van der Waals surface area (Å²) in [6.45, 7) is 8.62. The molecule has 2 aliphatic heterocycles. The van der Waals surface area contributed by atoms with E-state index in [0.717, 1.165) is 11.1 Å².